The molecule has 5 saturated carbocycles. The Hall–Kier alpha value is -1.56. The van der Waals surface area contributed by atoms with Gasteiger partial charge in [0.2, 0.25) is 0 Å². The fourth-order valence-electron chi connectivity index (χ4n) is 13.0. The minimum Gasteiger partial charge on any atom is -0.459 e. The van der Waals surface area contributed by atoms with Crippen LogP contribution in [-0.4, -0.2) is 94.4 Å². The zero-order chi connectivity index (χ0) is 36.0. The quantitative estimate of drug-likeness (QED) is 0.240. The van der Waals surface area contributed by atoms with Crippen LogP contribution in [0.25, 0.3) is 0 Å². The average Bonchev–Trinajstić information content (AvgIpc) is 3.54. The molecule has 8 rings (SSSR count). The molecule has 0 amide bonds. The molecule has 0 aromatic heterocycles. The monoisotopic (exact) mass is 702 g/mol. The van der Waals surface area contributed by atoms with E-state index >= 15 is 0 Å². The van der Waals surface area contributed by atoms with Crippen molar-refractivity contribution in [3.8, 4) is 0 Å². The minimum absolute atomic E-state index is 0.0308. The van der Waals surface area contributed by atoms with Gasteiger partial charge in [-0.2, -0.15) is 0 Å². The standard InChI is InChI=1S/C20H32O5.C20H30O5/c2*1-11(21)25-16-10-24-18-17-14(5-7-20(16,18)3)19(2)6-4-13(22)8-12(19)9-15(17)23/h12-18,22-23H,4-10H2,1-3H3;9,13-18,22-23H,4-8,10H2,1-3H3/t12?,13-,14?,15-,16-,17?,18?,19-,20+;13-,14?,15-,16-,17?,18?,19-,20+/m00/s1. The van der Waals surface area contributed by atoms with E-state index in [1.54, 1.807) is 0 Å². The van der Waals surface area contributed by atoms with Gasteiger partial charge in [0, 0.05) is 36.5 Å². The second kappa shape index (κ2) is 13.1. The van der Waals surface area contributed by atoms with Crippen molar-refractivity contribution in [1.82, 2.24) is 0 Å². The van der Waals surface area contributed by atoms with Crippen LogP contribution in [0.1, 0.15) is 112 Å². The molecule has 4 N–H and O–H groups in total. The van der Waals surface area contributed by atoms with Gasteiger partial charge in [0.25, 0.3) is 0 Å². The molecule has 0 aromatic rings. The molecule has 0 radical (unpaired) electrons. The van der Waals surface area contributed by atoms with Crippen molar-refractivity contribution in [3.05, 3.63) is 11.6 Å². The van der Waals surface area contributed by atoms with Crippen molar-refractivity contribution in [2.45, 2.75) is 161 Å². The molecule has 2 aliphatic heterocycles. The molecule has 7 unspecified atom stereocenters. The molecule has 282 valence electrons. The Balaban J connectivity index is 0.000000157. The van der Waals surface area contributed by atoms with Crippen LogP contribution >= 0.6 is 0 Å². The van der Waals surface area contributed by atoms with Gasteiger partial charge < -0.3 is 39.4 Å². The maximum absolute atomic E-state index is 11.5. The summed E-state index contributed by atoms with van der Waals surface area (Å²) in [4.78, 5) is 23.0. The van der Waals surface area contributed by atoms with Gasteiger partial charge in [-0.1, -0.05) is 39.3 Å². The zero-order valence-corrected chi connectivity index (χ0v) is 31.0. The van der Waals surface area contributed by atoms with Crippen LogP contribution in [0.2, 0.25) is 0 Å². The first kappa shape index (κ1) is 36.8. The molecule has 8 aliphatic rings. The first-order chi connectivity index (χ1) is 23.5. The Morgan fingerprint density at radius 3 is 1.84 bits per heavy atom. The van der Waals surface area contributed by atoms with E-state index in [2.05, 4.69) is 27.7 Å². The van der Waals surface area contributed by atoms with E-state index in [-0.39, 0.29) is 82.1 Å². The maximum atomic E-state index is 11.5. The molecule has 10 heteroatoms. The number of hydrogen-bond acceptors (Lipinski definition) is 10. The fraction of sp³-hybridized carbons (Fsp3) is 0.900. The van der Waals surface area contributed by atoms with Gasteiger partial charge in [-0.15, -0.1) is 0 Å². The van der Waals surface area contributed by atoms with E-state index in [1.807, 2.05) is 6.08 Å². The number of carbonyl (C=O) groups excluding carboxylic acids is 2. The molecule has 10 nitrogen and oxygen atoms in total. The predicted octanol–water partition coefficient (Wildman–Crippen LogP) is 4.48. The lowest BCUT2D eigenvalue weighted by molar-refractivity contribution is -0.192. The van der Waals surface area contributed by atoms with Gasteiger partial charge in [0.1, 0.15) is 12.2 Å². The summed E-state index contributed by atoms with van der Waals surface area (Å²) >= 11 is 0. The Morgan fingerprint density at radius 2 is 1.24 bits per heavy atom. The lowest BCUT2D eigenvalue weighted by atomic mass is 9.46. The summed E-state index contributed by atoms with van der Waals surface area (Å²) in [7, 11) is 0. The second-order valence-electron chi connectivity index (χ2n) is 18.6. The van der Waals surface area contributed by atoms with Gasteiger partial charge in [0.15, 0.2) is 0 Å². The molecule has 2 saturated heterocycles. The molecule has 50 heavy (non-hydrogen) atoms. The number of esters is 2. The summed E-state index contributed by atoms with van der Waals surface area (Å²) in [5, 5.41) is 42.1. The molecule has 0 spiro atoms. The Labute approximate surface area is 297 Å². The number of aliphatic hydroxyl groups is 4. The minimum atomic E-state index is -0.556. The largest absolute Gasteiger partial charge is 0.459 e. The summed E-state index contributed by atoms with van der Waals surface area (Å²) in [6.07, 6.45) is 9.84. The van der Waals surface area contributed by atoms with Crippen LogP contribution in [0.3, 0.4) is 0 Å². The molecule has 2 heterocycles. The highest BCUT2D eigenvalue weighted by Gasteiger charge is 2.65. The number of hydrogen-bond donors (Lipinski definition) is 4. The van der Waals surface area contributed by atoms with Crippen LogP contribution < -0.4 is 0 Å². The van der Waals surface area contributed by atoms with E-state index in [1.165, 1.54) is 19.4 Å². The highest BCUT2D eigenvalue weighted by atomic mass is 16.6. The summed E-state index contributed by atoms with van der Waals surface area (Å²) < 4.78 is 23.4. The molecule has 7 fully saturated rings. The second-order valence-corrected chi connectivity index (χ2v) is 18.6. The molecule has 6 aliphatic carbocycles. The molecule has 0 aromatic carbocycles. The van der Waals surface area contributed by atoms with Crippen molar-refractivity contribution in [2.75, 3.05) is 13.2 Å². The van der Waals surface area contributed by atoms with Crippen LogP contribution in [0.4, 0.5) is 0 Å². The summed E-state index contributed by atoms with van der Waals surface area (Å²) in [6.45, 7) is 12.7. The third kappa shape index (κ3) is 5.81. The maximum Gasteiger partial charge on any atom is 0.303 e. The van der Waals surface area contributed by atoms with Crippen LogP contribution in [0, 0.1) is 51.2 Å². The van der Waals surface area contributed by atoms with E-state index in [0.717, 1.165) is 64.2 Å². The van der Waals surface area contributed by atoms with Crippen LogP contribution in [0.5, 0.6) is 0 Å². The van der Waals surface area contributed by atoms with Gasteiger partial charge in [-0.25, -0.2) is 0 Å². The number of carbonyl (C=O) groups is 2. The molecular formula is C40H62O10. The molecule has 0 bridgehead atoms. The van der Waals surface area contributed by atoms with E-state index in [4.69, 9.17) is 18.9 Å². The fourth-order valence-corrected chi connectivity index (χ4v) is 13.0. The zero-order valence-electron chi connectivity index (χ0n) is 31.0. The van der Waals surface area contributed by atoms with E-state index in [9.17, 15) is 30.0 Å². The Bertz CT molecular complexity index is 1350. The highest BCUT2D eigenvalue weighted by Crippen LogP contribution is 2.64. The Morgan fingerprint density at radius 1 is 0.700 bits per heavy atom. The van der Waals surface area contributed by atoms with Crippen molar-refractivity contribution in [3.63, 3.8) is 0 Å². The molecular weight excluding hydrogens is 640 g/mol. The first-order valence-corrected chi connectivity index (χ1v) is 19.5. The van der Waals surface area contributed by atoms with Gasteiger partial charge in [-0.05, 0) is 99.2 Å². The summed E-state index contributed by atoms with van der Waals surface area (Å²) in [6, 6.07) is 0. The van der Waals surface area contributed by atoms with Crippen LogP contribution in [-0.2, 0) is 28.5 Å². The number of rotatable bonds is 2. The highest BCUT2D eigenvalue weighted by molar-refractivity contribution is 5.66. The van der Waals surface area contributed by atoms with Crippen molar-refractivity contribution < 1.29 is 49.0 Å². The smallest absolute Gasteiger partial charge is 0.303 e. The number of ether oxygens (including phenoxy) is 4. The third-order valence-electron chi connectivity index (χ3n) is 16.0. The van der Waals surface area contributed by atoms with Crippen LogP contribution in [0.15, 0.2) is 11.6 Å². The summed E-state index contributed by atoms with van der Waals surface area (Å²) in [5.74, 6) is 0.779. The normalized spacial score (nSPS) is 53.4. The van der Waals surface area contributed by atoms with Gasteiger partial charge in [-0.3, -0.25) is 9.59 Å². The van der Waals surface area contributed by atoms with E-state index in [0.29, 0.717) is 37.4 Å². The van der Waals surface area contributed by atoms with E-state index < -0.39 is 12.2 Å². The summed E-state index contributed by atoms with van der Waals surface area (Å²) in [5.41, 5.74) is 0.994. The lowest BCUT2D eigenvalue weighted by Crippen LogP contribution is -2.61. The van der Waals surface area contributed by atoms with Crippen molar-refractivity contribution in [1.29, 1.82) is 0 Å². The predicted molar refractivity (Wildman–Crippen MR) is 183 cm³/mol. The lowest BCUT2D eigenvalue weighted by Gasteiger charge is -2.61. The third-order valence-corrected chi connectivity index (χ3v) is 16.0. The van der Waals surface area contributed by atoms with Gasteiger partial charge >= 0.3 is 11.9 Å². The number of aliphatic hydroxyl groups excluding tert-OH is 4. The van der Waals surface area contributed by atoms with Crippen molar-refractivity contribution in [2.24, 2.45) is 51.2 Å². The van der Waals surface area contributed by atoms with Gasteiger partial charge in [0.05, 0.1) is 49.8 Å². The SMILES string of the molecule is CC(=O)O[C@H]1COC2C3C(CC[C@@]21C)[C@@]1(C)CC[C@H](O)CC1=C[C@@H]3O.CC(=O)O[C@H]1COC2C3C(CC[C@@]21C)[C@@]1(C)CC[C@H](O)CC1C[C@@H]3O. The average molecular weight is 703 g/mol. The molecule has 17 atom stereocenters. The Kier molecular flexibility index (Phi) is 9.62. The first-order valence-electron chi connectivity index (χ1n) is 19.5. The number of fused-ring (bicyclic) bond motifs is 10. The van der Waals surface area contributed by atoms with Crippen molar-refractivity contribution >= 4 is 11.9 Å². The topological polar surface area (TPSA) is 152 Å².